The number of hydrogen-bond donors (Lipinski definition) is 1. The molecule has 3 amide bonds. The number of piperazine rings is 1. The maximum Gasteiger partial charge on any atom is 0.417 e. The number of nitrogens with zero attached hydrogens (tertiary/aromatic N) is 3. The van der Waals surface area contributed by atoms with Crippen LogP contribution in [0, 0.1) is 5.41 Å². The molecule has 2 fully saturated rings. The molecule has 2 heterocycles. The second-order valence-electron chi connectivity index (χ2n) is 9.02. The number of piperidine rings is 1. The molecule has 2 aliphatic rings. The van der Waals surface area contributed by atoms with E-state index in [2.05, 4.69) is 0 Å². The van der Waals surface area contributed by atoms with Gasteiger partial charge in [0.05, 0.1) is 5.56 Å². The summed E-state index contributed by atoms with van der Waals surface area (Å²) in [6.45, 7) is 6.89. The molecule has 1 aromatic carbocycles. The number of esters is 1. The average Bonchev–Trinajstić information content (AvgIpc) is 2.73. The predicted molar refractivity (Wildman–Crippen MR) is 112 cm³/mol. The van der Waals surface area contributed by atoms with E-state index in [1.165, 1.54) is 9.80 Å². The highest BCUT2D eigenvalue weighted by Gasteiger charge is 2.46. The lowest BCUT2D eigenvalue weighted by Crippen LogP contribution is -2.65. The molecular weight excluding hydrogens is 402 g/mol. The molecule has 2 aliphatic heterocycles. The third-order valence-electron chi connectivity index (χ3n) is 5.83. The number of rotatable bonds is 2. The Bertz CT molecular complexity index is 843. The molecule has 1 aromatic rings. The largest absolute Gasteiger partial charge is 0.465 e. The van der Waals surface area contributed by atoms with Crippen LogP contribution >= 0.6 is 0 Å². The third kappa shape index (κ3) is 4.98. The maximum absolute atomic E-state index is 13.2. The minimum absolute atomic E-state index is 0.0813. The fourth-order valence-corrected chi connectivity index (χ4v) is 4.29. The number of ether oxygens (including phenoxy) is 1. The monoisotopic (exact) mass is 431 g/mol. The van der Waals surface area contributed by atoms with Crippen LogP contribution in [0.15, 0.2) is 30.3 Å². The van der Waals surface area contributed by atoms with E-state index in [-0.39, 0.29) is 18.5 Å². The first kappa shape index (κ1) is 22.6. The van der Waals surface area contributed by atoms with E-state index in [0.29, 0.717) is 38.0 Å². The standard InChI is InChI=1S/C22H29N3O6/c1-22(2,3)17-18(26)24(13-14-25(17)20(28)29)16-9-11-23(12-10-16)21(30)31-19(27)15-7-5-4-6-8-15/h4-8,16-17H,9-14H2,1-3H3,(H,28,29). The van der Waals surface area contributed by atoms with Gasteiger partial charge in [0.1, 0.15) is 6.04 Å². The molecule has 0 aromatic heterocycles. The summed E-state index contributed by atoms with van der Waals surface area (Å²) in [7, 11) is 0. The lowest BCUT2D eigenvalue weighted by Gasteiger charge is -2.48. The van der Waals surface area contributed by atoms with E-state index in [0.717, 1.165) is 0 Å². The van der Waals surface area contributed by atoms with Gasteiger partial charge in [0.15, 0.2) is 0 Å². The van der Waals surface area contributed by atoms with Crippen LogP contribution < -0.4 is 0 Å². The summed E-state index contributed by atoms with van der Waals surface area (Å²) in [6.07, 6.45) is -0.690. The Morgan fingerprint density at radius 1 is 1.00 bits per heavy atom. The van der Waals surface area contributed by atoms with Gasteiger partial charge in [-0.05, 0) is 30.4 Å². The first-order chi connectivity index (χ1) is 14.6. The molecule has 9 heteroatoms. The third-order valence-corrected chi connectivity index (χ3v) is 5.83. The first-order valence-electron chi connectivity index (χ1n) is 10.5. The topological polar surface area (TPSA) is 107 Å². The van der Waals surface area contributed by atoms with E-state index >= 15 is 0 Å². The maximum atomic E-state index is 13.2. The Labute approximate surface area is 181 Å². The number of likely N-dealkylation sites (tertiary alicyclic amines) is 1. The van der Waals surface area contributed by atoms with Crippen molar-refractivity contribution in [2.75, 3.05) is 26.2 Å². The molecule has 0 bridgehead atoms. The zero-order valence-corrected chi connectivity index (χ0v) is 18.1. The molecule has 1 atom stereocenters. The molecule has 2 saturated heterocycles. The van der Waals surface area contributed by atoms with Crippen molar-refractivity contribution in [3.8, 4) is 0 Å². The normalized spacial score (nSPS) is 20.5. The van der Waals surface area contributed by atoms with Crippen molar-refractivity contribution in [1.29, 1.82) is 0 Å². The van der Waals surface area contributed by atoms with Gasteiger partial charge < -0.3 is 19.6 Å². The van der Waals surface area contributed by atoms with Gasteiger partial charge in [0.2, 0.25) is 5.91 Å². The number of carbonyl (C=O) groups excluding carboxylic acids is 3. The fourth-order valence-electron chi connectivity index (χ4n) is 4.29. The number of carbonyl (C=O) groups is 4. The van der Waals surface area contributed by atoms with E-state index in [1.54, 1.807) is 35.2 Å². The predicted octanol–water partition coefficient (Wildman–Crippen LogP) is 2.66. The van der Waals surface area contributed by atoms with Crippen LogP contribution in [0.5, 0.6) is 0 Å². The van der Waals surface area contributed by atoms with Gasteiger partial charge in [0.25, 0.3) is 0 Å². The lowest BCUT2D eigenvalue weighted by atomic mass is 9.83. The van der Waals surface area contributed by atoms with E-state index in [1.807, 2.05) is 20.8 Å². The Balaban J connectivity index is 1.59. The molecule has 0 radical (unpaired) electrons. The highest BCUT2D eigenvalue weighted by Crippen LogP contribution is 2.31. The van der Waals surface area contributed by atoms with Crippen LogP contribution in [0.3, 0.4) is 0 Å². The summed E-state index contributed by atoms with van der Waals surface area (Å²) in [5, 5.41) is 9.51. The van der Waals surface area contributed by atoms with Gasteiger partial charge in [-0.2, -0.15) is 0 Å². The summed E-state index contributed by atoms with van der Waals surface area (Å²) in [5.41, 5.74) is -0.225. The Morgan fingerprint density at radius 2 is 1.61 bits per heavy atom. The minimum Gasteiger partial charge on any atom is -0.465 e. The van der Waals surface area contributed by atoms with Crippen LogP contribution in [0.2, 0.25) is 0 Å². The number of benzene rings is 1. The molecule has 0 aliphatic carbocycles. The van der Waals surface area contributed by atoms with Crippen LogP contribution in [0.25, 0.3) is 0 Å². The zero-order valence-electron chi connectivity index (χ0n) is 18.1. The van der Waals surface area contributed by atoms with Crippen molar-refractivity contribution < 1.29 is 29.0 Å². The molecule has 3 rings (SSSR count). The second kappa shape index (κ2) is 8.95. The summed E-state index contributed by atoms with van der Waals surface area (Å²) >= 11 is 0. The molecule has 31 heavy (non-hydrogen) atoms. The summed E-state index contributed by atoms with van der Waals surface area (Å²) in [4.78, 5) is 53.7. The van der Waals surface area contributed by atoms with Crippen LogP contribution in [0.4, 0.5) is 9.59 Å². The summed E-state index contributed by atoms with van der Waals surface area (Å²) in [5.74, 6) is -0.887. The van der Waals surface area contributed by atoms with E-state index in [9.17, 15) is 24.3 Å². The van der Waals surface area contributed by atoms with Gasteiger partial charge in [-0.3, -0.25) is 9.69 Å². The van der Waals surface area contributed by atoms with Crippen LogP contribution in [-0.4, -0.2) is 82.1 Å². The molecular formula is C22H29N3O6. The highest BCUT2D eigenvalue weighted by atomic mass is 16.6. The van der Waals surface area contributed by atoms with Crippen molar-refractivity contribution >= 4 is 24.1 Å². The highest BCUT2D eigenvalue weighted by molar-refractivity contribution is 5.96. The smallest absolute Gasteiger partial charge is 0.417 e. The van der Waals surface area contributed by atoms with Gasteiger partial charge >= 0.3 is 18.2 Å². The van der Waals surface area contributed by atoms with Gasteiger partial charge in [-0.15, -0.1) is 0 Å². The van der Waals surface area contributed by atoms with Gasteiger partial charge in [0, 0.05) is 32.2 Å². The van der Waals surface area contributed by atoms with Crippen LogP contribution in [-0.2, 0) is 9.53 Å². The molecule has 0 spiro atoms. The van der Waals surface area contributed by atoms with Crippen molar-refractivity contribution in [2.45, 2.75) is 45.7 Å². The Kier molecular flexibility index (Phi) is 6.52. The van der Waals surface area contributed by atoms with Crippen molar-refractivity contribution in [3.63, 3.8) is 0 Å². The first-order valence-corrected chi connectivity index (χ1v) is 10.5. The van der Waals surface area contributed by atoms with Gasteiger partial charge in [-0.1, -0.05) is 39.0 Å². The number of hydrogen-bond acceptors (Lipinski definition) is 5. The molecule has 9 nitrogen and oxygen atoms in total. The summed E-state index contributed by atoms with van der Waals surface area (Å²) < 4.78 is 4.98. The van der Waals surface area contributed by atoms with Crippen molar-refractivity contribution in [1.82, 2.24) is 14.7 Å². The summed E-state index contributed by atoms with van der Waals surface area (Å²) in [6, 6.07) is 7.49. The van der Waals surface area contributed by atoms with Crippen molar-refractivity contribution in [2.24, 2.45) is 5.41 Å². The van der Waals surface area contributed by atoms with Crippen LogP contribution in [0.1, 0.15) is 44.0 Å². The van der Waals surface area contributed by atoms with Crippen molar-refractivity contribution in [3.05, 3.63) is 35.9 Å². The average molecular weight is 431 g/mol. The molecule has 1 unspecified atom stereocenters. The van der Waals surface area contributed by atoms with Gasteiger partial charge in [-0.25, -0.2) is 14.4 Å². The van der Waals surface area contributed by atoms with E-state index < -0.39 is 29.6 Å². The fraction of sp³-hybridized carbons (Fsp3) is 0.545. The van der Waals surface area contributed by atoms with E-state index in [4.69, 9.17) is 4.74 Å². The minimum atomic E-state index is -1.09. The number of amides is 3. The molecule has 0 saturated carbocycles. The molecule has 168 valence electrons. The lowest BCUT2D eigenvalue weighted by molar-refractivity contribution is -0.149. The zero-order chi connectivity index (χ0) is 22.8. The number of carboxylic acid groups (broad SMARTS) is 1. The second-order valence-corrected chi connectivity index (χ2v) is 9.02. The molecule has 1 N–H and O–H groups in total. The quantitative estimate of drug-likeness (QED) is 0.570. The Hall–Kier alpha value is -3.10. The Morgan fingerprint density at radius 3 is 2.16 bits per heavy atom. The SMILES string of the molecule is CC(C)(C)C1C(=O)N(C2CCN(C(=O)OC(=O)c3ccccc3)CC2)CCN1C(=O)O.